The van der Waals surface area contributed by atoms with Gasteiger partial charge in [-0.2, -0.15) is 5.10 Å². The number of anilines is 1. The van der Waals surface area contributed by atoms with E-state index < -0.39 is 0 Å². The summed E-state index contributed by atoms with van der Waals surface area (Å²) < 4.78 is 0. The lowest BCUT2D eigenvalue weighted by atomic mass is 9.97. The van der Waals surface area contributed by atoms with Gasteiger partial charge in [0.05, 0.1) is 0 Å². The Bertz CT molecular complexity index is 522. The Morgan fingerprint density at radius 3 is 3.16 bits per heavy atom. The summed E-state index contributed by atoms with van der Waals surface area (Å²) in [5.41, 5.74) is 7.94. The van der Waals surface area contributed by atoms with Crippen molar-refractivity contribution in [2.75, 3.05) is 18.8 Å². The first kappa shape index (κ1) is 12.2. The van der Waals surface area contributed by atoms with Crippen molar-refractivity contribution < 1.29 is 0 Å². The summed E-state index contributed by atoms with van der Waals surface area (Å²) in [7, 11) is 0. The SMILES string of the molecule is Nc1cccc(CN2CCCC(c3ncn[nH]3)C2)c1. The zero-order valence-electron chi connectivity index (χ0n) is 10.9. The topological polar surface area (TPSA) is 70.8 Å². The van der Waals surface area contributed by atoms with Crippen molar-refractivity contribution in [3.8, 4) is 0 Å². The van der Waals surface area contributed by atoms with Crippen LogP contribution in [-0.4, -0.2) is 33.2 Å². The van der Waals surface area contributed by atoms with Crippen molar-refractivity contribution in [2.24, 2.45) is 0 Å². The highest BCUT2D eigenvalue weighted by Crippen LogP contribution is 2.25. The van der Waals surface area contributed by atoms with Crippen molar-refractivity contribution in [2.45, 2.75) is 25.3 Å². The minimum Gasteiger partial charge on any atom is -0.399 e. The van der Waals surface area contributed by atoms with Gasteiger partial charge in [-0.15, -0.1) is 0 Å². The number of nitrogens with two attached hydrogens (primary N) is 1. The summed E-state index contributed by atoms with van der Waals surface area (Å²) in [5, 5.41) is 6.94. The van der Waals surface area contributed by atoms with Crippen molar-refractivity contribution >= 4 is 5.69 Å². The fourth-order valence-electron chi connectivity index (χ4n) is 2.78. The maximum Gasteiger partial charge on any atom is 0.137 e. The monoisotopic (exact) mass is 257 g/mol. The molecule has 1 aromatic heterocycles. The van der Waals surface area contributed by atoms with Crippen LogP contribution in [0.4, 0.5) is 5.69 Å². The molecule has 0 spiro atoms. The van der Waals surface area contributed by atoms with E-state index in [0.29, 0.717) is 5.92 Å². The molecule has 1 aromatic carbocycles. The van der Waals surface area contributed by atoms with Gasteiger partial charge in [-0.25, -0.2) is 4.98 Å². The molecule has 0 radical (unpaired) electrons. The molecule has 2 heterocycles. The van der Waals surface area contributed by atoms with E-state index in [-0.39, 0.29) is 0 Å². The van der Waals surface area contributed by atoms with Gasteiger partial charge in [0, 0.05) is 24.7 Å². The number of nitrogens with zero attached hydrogens (tertiary/aromatic N) is 3. The lowest BCUT2D eigenvalue weighted by Crippen LogP contribution is -2.34. The van der Waals surface area contributed by atoms with Crippen molar-refractivity contribution in [1.29, 1.82) is 0 Å². The number of hydrogen-bond acceptors (Lipinski definition) is 4. The summed E-state index contributed by atoms with van der Waals surface area (Å²) in [6.45, 7) is 3.12. The number of H-pyrrole nitrogens is 1. The number of piperidine rings is 1. The predicted octanol–water partition coefficient (Wildman–Crippen LogP) is 1.77. The molecular formula is C14H19N5. The Morgan fingerprint density at radius 2 is 2.37 bits per heavy atom. The number of rotatable bonds is 3. The number of likely N-dealkylation sites (tertiary alicyclic amines) is 1. The highest BCUT2D eigenvalue weighted by Gasteiger charge is 2.23. The van der Waals surface area contributed by atoms with Crippen LogP contribution in [0.3, 0.4) is 0 Å². The average molecular weight is 257 g/mol. The van der Waals surface area contributed by atoms with E-state index in [9.17, 15) is 0 Å². The van der Waals surface area contributed by atoms with E-state index in [1.807, 2.05) is 12.1 Å². The second-order valence-corrected chi connectivity index (χ2v) is 5.19. The highest BCUT2D eigenvalue weighted by atomic mass is 15.2. The predicted molar refractivity (Wildman–Crippen MR) is 74.5 cm³/mol. The number of nitrogens with one attached hydrogen (secondary N) is 1. The van der Waals surface area contributed by atoms with E-state index in [4.69, 9.17) is 5.73 Å². The Balaban J connectivity index is 1.65. The Kier molecular flexibility index (Phi) is 3.46. The quantitative estimate of drug-likeness (QED) is 0.822. The van der Waals surface area contributed by atoms with E-state index in [1.54, 1.807) is 6.33 Å². The molecule has 2 aromatic rings. The molecule has 3 N–H and O–H groups in total. The van der Waals surface area contributed by atoms with Crippen LogP contribution < -0.4 is 5.73 Å². The first-order valence-corrected chi connectivity index (χ1v) is 6.73. The molecule has 0 amide bonds. The van der Waals surface area contributed by atoms with Gasteiger partial charge in [0.25, 0.3) is 0 Å². The van der Waals surface area contributed by atoms with Gasteiger partial charge < -0.3 is 5.73 Å². The molecule has 1 unspecified atom stereocenters. The molecule has 3 rings (SSSR count). The molecule has 100 valence electrons. The molecule has 1 saturated heterocycles. The maximum atomic E-state index is 5.83. The number of aromatic amines is 1. The van der Waals surface area contributed by atoms with Crippen LogP contribution in [0.5, 0.6) is 0 Å². The fraction of sp³-hybridized carbons (Fsp3) is 0.429. The smallest absolute Gasteiger partial charge is 0.137 e. The third kappa shape index (κ3) is 2.93. The summed E-state index contributed by atoms with van der Waals surface area (Å²) >= 11 is 0. The molecule has 1 fully saturated rings. The first-order valence-electron chi connectivity index (χ1n) is 6.73. The van der Waals surface area contributed by atoms with E-state index in [0.717, 1.165) is 31.1 Å². The summed E-state index contributed by atoms with van der Waals surface area (Å²) in [6.07, 6.45) is 3.97. The number of benzene rings is 1. The molecule has 1 aliphatic rings. The summed E-state index contributed by atoms with van der Waals surface area (Å²) in [6, 6.07) is 8.13. The van der Waals surface area contributed by atoms with Crippen LogP contribution in [0, 0.1) is 0 Å². The van der Waals surface area contributed by atoms with Gasteiger partial charge in [0.2, 0.25) is 0 Å². The summed E-state index contributed by atoms with van der Waals surface area (Å²) in [5.74, 6) is 1.48. The van der Waals surface area contributed by atoms with Gasteiger partial charge in [-0.05, 0) is 37.1 Å². The average Bonchev–Trinajstić information content (AvgIpc) is 2.93. The number of nitrogen functional groups attached to an aromatic ring is 1. The molecule has 1 aliphatic heterocycles. The molecule has 0 bridgehead atoms. The third-order valence-electron chi connectivity index (χ3n) is 3.68. The zero-order valence-corrected chi connectivity index (χ0v) is 10.9. The van der Waals surface area contributed by atoms with Gasteiger partial charge in [-0.1, -0.05) is 12.1 Å². The number of hydrogen-bond donors (Lipinski definition) is 2. The Labute approximate surface area is 112 Å². The minimum absolute atomic E-state index is 0.470. The third-order valence-corrected chi connectivity index (χ3v) is 3.68. The minimum atomic E-state index is 0.470. The van der Waals surface area contributed by atoms with E-state index in [2.05, 4.69) is 32.2 Å². The van der Waals surface area contributed by atoms with Crippen LogP contribution in [0.1, 0.15) is 30.1 Å². The first-order chi connectivity index (χ1) is 9.31. The van der Waals surface area contributed by atoms with Crippen molar-refractivity contribution in [3.05, 3.63) is 42.0 Å². The lowest BCUT2D eigenvalue weighted by Gasteiger charge is -2.31. The maximum absolute atomic E-state index is 5.83. The van der Waals surface area contributed by atoms with Crippen LogP contribution in [0.2, 0.25) is 0 Å². The Morgan fingerprint density at radius 1 is 1.42 bits per heavy atom. The number of aromatic nitrogens is 3. The highest BCUT2D eigenvalue weighted by molar-refractivity contribution is 5.40. The van der Waals surface area contributed by atoms with Crippen LogP contribution in [0.25, 0.3) is 0 Å². The summed E-state index contributed by atoms with van der Waals surface area (Å²) in [4.78, 5) is 6.75. The zero-order chi connectivity index (χ0) is 13.1. The standard InChI is InChI=1S/C14H19N5/c15-13-5-1-3-11(7-13)8-19-6-2-4-12(9-19)14-16-10-17-18-14/h1,3,5,7,10,12H,2,4,6,8-9,15H2,(H,16,17,18). The molecule has 5 nitrogen and oxygen atoms in total. The normalized spacial score (nSPS) is 20.5. The Hall–Kier alpha value is -1.88. The van der Waals surface area contributed by atoms with Crippen LogP contribution in [-0.2, 0) is 6.54 Å². The molecule has 0 saturated carbocycles. The molecule has 5 heteroatoms. The molecular weight excluding hydrogens is 238 g/mol. The van der Waals surface area contributed by atoms with Gasteiger partial charge in [0.15, 0.2) is 0 Å². The second-order valence-electron chi connectivity index (χ2n) is 5.19. The van der Waals surface area contributed by atoms with Gasteiger partial charge in [0.1, 0.15) is 12.2 Å². The van der Waals surface area contributed by atoms with Gasteiger partial charge in [-0.3, -0.25) is 10.00 Å². The fourth-order valence-corrected chi connectivity index (χ4v) is 2.78. The van der Waals surface area contributed by atoms with Crippen LogP contribution in [0.15, 0.2) is 30.6 Å². The molecule has 1 atom stereocenters. The van der Waals surface area contributed by atoms with Crippen molar-refractivity contribution in [1.82, 2.24) is 20.1 Å². The van der Waals surface area contributed by atoms with Crippen LogP contribution >= 0.6 is 0 Å². The van der Waals surface area contributed by atoms with Crippen molar-refractivity contribution in [3.63, 3.8) is 0 Å². The van der Waals surface area contributed by atoms with Gasteiger partial charge >= 0.3 is 0 Å². The largest absolute Gasteiger partial charge is 0.399 e. The lowest BCUT2D eigenvalue weighted by molar-refractivity contribution is 0.197. The van der Waals surface area contributed by atoms with E-state index in [1.165, 1.54) is 18.4 Å². The second kappa shape index (κ2) is 5.40. The molecule has 19 heavy (non-hydrogen) atoms. The van der Waals surface area contributed by atoms with E-state index >= 15 is 0 Å². The molecule has 0 aliphatic carbocycles.